The molecule has 1 N–H and O–H groups in total. The third-order valence-corrected chi connectivity index (χ3v) is 3.66. The monoisotopic (exact) mass is 305 g/mol. The van der Waals surface area contributed by atoms with Crippen molar-refractivity contribution in [3.63, 3.8) is 0 Å². The molecule has 2 heterocycles. The normalized spacial score (nSPS) is 10.7. The zero-order valence-electron chi connectivity index (χ0n) is 12.6. The van der Waals surface area contributed by atoms with Crippen LogP contribution >= 0.6 is 11.3 Å². The van der Waals surface area contributed by atoms with Gasteiger partial charge in [-0.3, -0.25) is 4.79 Å². The predicted octanol–water partition coefficient (Wildman–Crippen LogP) is 2.37. The Kier molecular flexibility index (Phi) is 4.85. The Morgan fingerprint density at radius 2 is 2.19 bits per heavy atom. The van der Waals surface area contributed by atoms with E-state index in [4.69, 9.17) is 0 Å². The van der Waals surface area contributed by atoms with E-state index in [1.54, 1.807) is 30.7 Å². The van der Waals surface area contributed by atoms with Gasteiger partial charge in [0.2, 0.25) is 0 Å². The van der Waals surface area contributed by atoms with Crippen LogP contribution in [0.4, 0.5) is 5.69 Å². The number of carbonyl (C=O) groups excluding carboxylic acids is 1. The molecule has 0 fully saturated rings. The minimum Gasteiger partial charge on any atom is -0.385 e. The van der Waals surface area contributed by atoms with Crippen molar-refractivity contribution in [2.45, 2.75) is 26.3 Å². The summed E-state index contributed by atoms with van der Waals surface area (Å²) in [7, 11) is 3.50. The van der Waals surface area contributed by atoms with Gasteiger partial charge in [-0.2, -0.15) is 0 Å². The molecule has 0 bridgehead atoms. The van der Waals surface area contributed by atoms with E-state index in [-0.39, 0.29) is 11.8 Å². The molecule has 2 aromatic rings. The molecule has 0 spiro atoms. The fraction of sp³-hybridized carbons (Fsp3) is 0.429. The van der Waals surface area contributed by atoms with Crippen LogP contribution in [0.1, 0.15) is 41.8 Å². The van der Waals surface area contributed by atoms with E-state index in [0.717, 1.165) is 5.69 Å². The van der Waals surface area contributed by atoms with Crippen LogP contribution in [0.15, 0.2) is 17.1 Å². The molecule has 0 atom stereocenters. The second-order valence-corrected chi connectivity index (χ2v) is 5.75. The molecular formula is C14H19N5OS. The Bertz CT molecular complexity index is 612. The number of thiazole rings is 1. The van der Waals surface area contributed by atoms with Crippen LogP contribution in [-0.2, 0) is 6.54 Å². The first kappa shape index (κ1) is 15.4. The van der Waals surface area contributed by atoms with Crippen molar-refractivity contribution in [3.05, 3.63) is 34.3 Å². The van der Waals surface area contributed by atoms with Crippen LogP contribution in [0.2, 0.25) is 0 Å². The minimum absolute atomic E-state index is 0.142. The van der Waals surface area contributed by atoms with Gasteiger partial charge in [-0.25, -0.2) is 15.0 Å². The Morgan fingerprint density at radius 1 is 1.43 bits per heavy atom. The average Bonchev–Trinajstić information content (AvgIpc) is 2.98. The number of carbonyl (C=O) groups is 1. The lowest BCUT2D eigenvalue weighted by Crippen LogP contribution is -2.28. The predicted molar refractivity (Wildman–Crippen MR) is 83.6 cm³/mol. The molecule has 0 unspecified atom stereocenters. The summed E-state index contributed by atoms with van der Waals surface area (Å²) in [5.74, 6) is 0.697. The molecule has 0 saturated heterocycles. The molecule has 112 valence electrons. The van der Waals surface area contributed by atoms with Gasteiger partial charge in [0.1, 0.15) is 5.82 Å². The maximum Gasteiger partial charge on any atom is 0.274 e. The van der Waals surface area contributed by atoms with Crippen LogP contribution in [0.25, 0.3) is 0 Å². The Labute approximate surface area is 128 Å². The number of nitrogens with zero attached hydrogens (tertiary/aromatic N) is 4. The van der Waals surface area contributed by atoms with Gasteiger partial charge in [0.15, 0.2) is 5.69 Å². The van der Waals surface area contributed by atoms with E-state index in [1.165, 1.54) is 11.3 Å². The Balaban J connectivity index is 2.26. The molecule has 1 amide bonds. The quantitative estimate of drug-likeness (QED) is 0.918. The number of hydrogen-bond acceptors (Lipinski definition) is 6. The van der Waals surface area contributed by atoms with Gasteiger partial charge in [-0.05, 0) is 0 Å². The molecule has 7 heteroatoms. The highest BCUT2D eigenvalue weighted by Crippen LogP contribution is 2.18. The smallest absolute Gasteiger partial charge is 0.274 e. The Morgan fingerprint density at radius 3 is 2.76 bits per heavy atom. The fourth-order valence-corrected chi connectivity index (χ4v) is 2.38. The first-order valence-electron chi connectivity index (χ1n) is 6.70. The van der Waals surface area contributed by atoms with Crippen molar-refractivity contribution in [2.75, 3.05) is 19.4 Å². The van der Waals surface area contributed by atoms with E-state index in [9.17, 15) is 4.79 Å². The van der Waals surface area contributed by atoms with Crippen molar-refractivity contribution >= 4 is 22.9 Å². The van der Waals surface area contributed by atoms with Gasteiger partial charge in [-0.1, -0.05) is 13.8 Å². The molecule has 21 heavy (non-hydrogen) atoms. The van der Waals surface area contributed by atoms with E-state index in [2.05, 4.69) is 20.3 Å². The number of nitrogens with one attached hydrogen (secondary N) is 1. The molecule has 0 saturated carbocycles. The second-order valence-electron chi connectivity index (χ2n) is 5.04. The maximum absolute atomic E-state index is 12.6. The van der Waals surface area contributed by atoms with Gasteiger partial charge >= 0.3 is 0 Å². The van der Waals surface area contributed by atoms with Gasteiger partial charge in [-0.15, -0.1) is 11.3 Å². The second kappa shape index (κ2) is 6.62. The topological polar surface area (TPSA) is 71.0 Å². The zero-order chi connectivity index (χ0) is 15.4. The standard InChI is InChI=1S/C14H19N5OS/c1-9(2)13-16-5-11(15-3)12(18-13)14(20)19(4)6-10-7-21-8-17-10/h5,7-9,15H,6H2,1-4H3. The number of anilines is 1. The number of aromatic nitrogens is 3. The van der Waals surface area contributed by atoms with E-state index in [0.29, 0.717) is 23.8 Å². The summed E-state index contributed by atoms with van der Waals surface area (Å²) in [5, 5.41) is 4.90. The van der Waals surface area contributed by atoms with Crippen LogP contribution in [0.5, 0.6) is 0 Å². The van der Waals surface area contributed by atoms with Crippen molar-refractivity contribution < 1.29 is 4.79 Å². The van der Waals surface area contributed by atoms with Crippen molar-refractivity contribution in [3.8, 4) is 0 Å². The van der Waals surface area contributed by atoms with Crippen molar-refractivity contribution in [2.24, 2.45) is 0 Å². The van der Waals surface area contributed by atoms with E-state index >= 15 is 0 Å². The summed E-state index contributed by atoms with van der Waals surface area (Å²) in [6.45, 7) is 4.47. The zero-order valence-corrected chi connectivity index (χ0v) is 13.4. The molecule has 0 aliphatic heterocycles. The minimum atomic E-state index is -0.142. The van der Waals surface area contributed by atoms with E-state index < -0.39 is 0 Å². The van der Waals surface area contributed by atoms with Gasteiger partial charge in [0.05, 0.1) is 29.6 Å². The highest BCUT2D eigenvalue weighted by atomic mass is 32.1. The maximum atomic E-state index is 12.6. The average molecular weight is 305 g/mol. The number of rotatable bonds is 5. The molecular weight excluding hydrogens is 286 g/mol. The molecule has 0 aromatic carbocycles. The summed E-state index contributed by atoms with van der Waals surface area (Å²) in [6, 6.07) is 0. The van der Waals surface area contributed by atoms with Gasteiger partial charge < -0.3 is 10.2 Å². The lowest BCUT2D eigenvalue weighted by molar-refractivity contribution is 0.0778. The summed E-state index contributed by atoms with van der Waals surface area (Å²) in [4.78, 5) is 27.1. The van der Waals surface area contributed by atoms with Crippen LogP contribution in [-0.4, -0.2) is 39.9 Å². The Hall–Kier alpha value is -2.02. The van der Waals surface area contributed by atoms with Crippen LogP contribution in [0, 0.1) is 0 Å². The van der Waals surface area contributed by atoms with Crippen molar-refractivity contribution in [1.82, 2.24) is 19.9 Å². The molecule has 0 aliphatic rings. The summed E-state index contributed by atoms with van der Waals surface area (Å²) >= 11 is 1.52. The molecule has 2 rings (SSSR count). The lowest BCUT2D eigenvalue weighted by atomic mass is 10.2. The third-order valence-electron chi connectivity index (χ3n) is 3.03. The molecule has 6 nitrogen and oxygen atoms in total. The SMILES string of the molecule is CNc1cnc(C(C)C)nc1C(=O)N(C)Cc1cscn1. The van der Waals surface area contributed by atoms with Gasteiger partial charge in [0, 0.05) is 25.4 Å². The molecule has 0 radical (unpaired) electrons. The van der Waals surface area contributed by atoms with Crippen LogP contribution < -0.4 is 5.32 Å². The highest BCUT2D eigenvalue weighted by Gasteiger charge is 2.20. The fourth-order valence-electron chi connectivity index (χ4n) is 1.83. The van der Waals surface area contributed by atoms with Gasteiger partial charge in [0.25, 0.3) is 5.91 Å². The summed E-state index contributed by atoms with van der Waals surface area (Å²) < 4.78 is 0. The summed E-state index contributed by atoms with van der Waals surface area (Å²) in [6.07, 6.45) is 1.66. The first-order chi connectivity index (χ1) is 10.0. The van der Waals surface area contributed by atoms with Crippen LogP contribution in [0.3, 0.4) is 0 Å². The van der Waals surface area contributed by atoms with E-state index in [1.807, 2.05) is 19.2 Å². The lowest BCUT2D eigenvalue weighted by Gasteiger charge is -2.18. The number of hydrogen-bond donors (Lipinski definition) is 1. The first-order valence-corrected chi connectivity index (χ1v) is 7.64. The largest absolute Gasteiger partial charge is 0.385 e. The molecule has 2 aromatic heterocycles. The highest BCUT2D eigenvalue weighted by molar-refractivity contribution is 7.07. The third kappa shape index (κ3) is 3.55. The number of amides is 1. The van der Waals surface area contributed by atoms with Crippen molar-refractivity contribution in [1.29, 1.82) is 0 Å². The summed E-state index contributed by atoms with van der Waals surface area (Å²) in [5.41, 5.74) is 3.66. The molecule has 0 aliphatic carbocycles.